The molecule has 1 saturated carbocycles. The minimum absolute atomic E-state index is 0.170. The number of nitrogens with zero attached hydrogens (tertiary/aromatic N) is 1. The molecule has 20 heavy (non-hydrogen) atoms. The molecule has 1 saturated heterocycles. The van der Waals surface area contributed by atoms with Crippen LogP contribution in [0.2, 0.25) is 0 Å². The minimum atomic E-state index is -0.401. The molecule has 0 radical (unpaired) electrons. The number of ether oxygens (including phenoxy) is 1. The Morgan fingerprint density at radius 1 is 1.30 bits per heavy atom. The molecule has 0 aromatic carbocycles. The van der Waals surface area contributed by atoms with Crippen molar-refractivity contribution in [2.24, 2.45) is 11.8 Å². The van der Waals surface area contributed by atoms with Crippen molar-refractivity contribution in [3.63, 3.8) is 0 Å². The third-order valence-electron chi connectivity index (χ3n) is 4.55. The third kappa shape index (κ3) is 4.37. The molecule has 4 nitrogen and oxygen atoms in total. The zero-order valence-corrected chi connectivity index (χ0v) is 13.4. The molecular weight excluding hydrogens is 252 g/mol. The van der Waals surface area contributed by atoms with Gasteiger partial charge < -0.3 is 15.0 Å². The van der Waals surface area contributed by atoms with Crippen molar-refractivity contribution in [2.45, 2.75) is 65.0 Å². The first kappa shape index (κ1) is 15.6. The smallest absolute Gasteiger partial charge is 0.410 e. The van der Waals surface area contributed by atoms with Gasteiger partial charge in [0.2, 0.25) is 0 Å². The van der Waals surface area contributed by atoms with Gasteiger partial charge in [0.25, 0.3) is 0 Å². The molecule has 0 spiro atoms. The highest BCUT2D eigenvalue weighted by Gasteiger charge is 2.30. The molecule has 3 unspecified atom stereocenters. The van der Waals surface area contributed by atoms with Gasteiger partial charge in [0, 0.05) is 19.1 Å². The average molecular weight is 282 g/mol. The summed E-state index contributed by atoms with van der Waals surface area (Å²) in [5.74, 6) is 1.68. The molecule has 1 amide bonds. The molecule has 1 N–H and O–H groups in total. The molecule has 4 heteroatoms. The van der Waals surface area contributed by atoms with Crippen molar-refractivity contribution in [2.75, 3.05) is 19.6 Å². The number of nitrogens with one attached hydrogen (secondary N) is 1. The zero-order chi connectivity index (χ0) is 14.8. The molecule has 2 fully saturated rings. The van der Waals surface area contributed by atoms with Crippen LogP contribution in [-0.4, -0.2) is 42.3 Å². The van der Waals surface area contributed by atoms with Gasteiger partial charge in [-0.15, -0.1) is 0 Å². The molecule has 1 heterocycles. The topological polar surface area (TPSA) is 41.6 Å². The molecule has 2 aliphatic rings. The SMILES string of the molecule is CC1CCCC1CNC1CCN(C(=O)OC(C)(C)C)C1. The second kappa shape index (κ2) is 6.33. The highest BCUT2D eigenvalue weighted by Crippen LogP contribution is 2.30. The van der Waals surface area contributed by atoms with E-state index in [1.807, 2.05) is 25.7 Å². The van der Waals surface area contributed by atoms with E-state index < -0.39 is 5.60 Å². The van der Waals surface area contributed by atoms with E-state index >= 15 is 0 Å². The van der Waals surface area contributed by atoms with Crippen molar-refractivity contribution < 1.29 is 9.53 Å². The summed E-state index contributed by atoms with van der Waals surface area (Å²) in [6.45, 7) is 10.8. The molecule has 1 aliphatic carbocycles. The van der Waals surface area contributed by atoms with Crippen LogP contribution < -0.4 is 5.32 Å². The average Bonchev–Trinajstić information content (AvgIpc) is 2.93. The third-order valence-corrected chi connectivity index (χ3v) is 4.55. The summed E-state index contributed by atoms with van der Waals surface area (Å²) in [5, 5.41) is 3.65. The molecule has 2 rings (SSSR count). The van der Waals surface area contributed by atoms with Crippen LogP contribution in [0, 0.1) is 11.8 Å². The molecule has 0 aromatic rings. The normalized spacial score (nSPS) is 30.8. The van der Waals surface area contributed by atoms with Gasteiger partial charge in [-0.2, -0.15) is 0 Å². The largest absolute Gasteiger partial charge is 0.444 e. The van der Waals surface area contributed by atoms with Crippen LogP contribution in [-0.2, 0) is 4.74 Å². The lowest BCUT2D eigenvalue weighted by Crippen LogP contribution is -2.39. The summed E-state index contributed by atoms with van der Waals surface area (Å²) >= 11 is 0. The number of likely N-dealkylation sites (tertiary alicyclic amines) is 1. The molecule has 0 bridgehead atoms. The van der Waals surface area contributed by atoms with Gasteiger partial charge in [0.05, 0.1) is 0 Å². The molecule has 3 atom stereocenters. The predicted octanol–water partition coefficient (Wildman–Crippen LogP) is 3.02. The van der Waals surface area contributed by atoms with E-state index in [0.717, 1.165) is 37.9 Å². The summed E-state index contributed by atoms with van der Waals surface area (Å²) in [4.78, 5) is 13.8. The fraction of sp³-hybridized carbons (Fsp3) is 0.938. The Balaban J connectivity index is 1.71. The lowest BCUT2D eigenvalue weighted by atomic mass is 9.98. The first-order valence-electron chi connectivity index (χ1n) is 8.06. The van der Waals surface area contributed by atoms with Crippen LogP contribution in [0.1, 0.15) is 53.4 Å². The maximum atomic E-state index is 12.0. The van der Waals surface area contributed by atoms with Crippen molar-refractivity contribution in [1.29, 1.82) is 0 Å². The molecular formula is C16H30N2O2. The van der Waals surface area contributed by atoms with E-state index in [9.17, 15) is 4.79 Å². The van der Waals surface area contributed by atoms with Crippen LogP contribution in [0.5, 0.6) is 0 Å². The fourth-order valence-electron chi connectivity index (χ4n) is 3.26. The first-order valence-corrected chi connectivity index (χ1v) is 8.06. The van der Waals surface area contributed by atoms with Crippen LogP contribution in [0.15, 0.2) is 0 Å². The van der Waals surface area contributed by atoms with Crippen molar-refractivity contribution in [3.8, 4) is 0 Å². The lowest BCUT2D eigenvalue weighted by Gasteiger charge is -2.25. The van der Waals surface area contributed by atoms with Crippen LogP contribution in [0.25, 0.3) is 0 Å². The lowest BCUT2D eigenvalue weighted by molar-refractivity contribution is 0.0291. The monoisotopic (exact) mass is 282 g/mol. The highest BCUT2D eigenvalue weighted by molar-refractivity contribution is 5.68. The van der Waals surface area contributed by atoms with Crippen LogP contribution in [0.4, 0.5) is 4.79 Å². The Labute approximate surface area is 123 Å². The Kier molecular flexibility index (Phi) is 4.95. The standard InChI is InChI=1S/C16H30N2O2/c1-12-6-5-7-13(12)10-17-14-8-9-18(11-14)15(19)20-16(2,3)4/h12-14,17H,5-11H2,1-4H3. The van der Waals surface area contributed by atoms with E-state index in [1.54, 1.807) is 0 Å². The Bertz CT molecular complexity index is 338. The minimum Gasteiger partial charge on any atom is -0.444 e. The number of hydrogen-bond donors (Lipinski definition) is 1. The number of carbonyl (C=O) groups is 1. The molecule has 1 aliphatic heterocycles. The van der Waals surface area contributed by atoms with Crippen LogP contribution >= 0.6 is 0 Å². The number of rotatable bonds is 3. The van der Waals surface area contributed by atoms with Gasteiger partial charge in [0.1, 0.15) is 5.60 Å². The van der Waals surface area contributed by atoms with E-state index in [0.29, 0.717) is 6.04 Å². The van der Waals surface area contributed by atoms with E-state index in [4.69, 9.17) is 4.74 Å². The quantitative estimate of drug-likeness (QED) is 0.865. The van der Waals surface area contributed by atoms with Gasteiger partial charge in [0.15, 0.2) is 0 Å². The second-order valence-electron chi connectivity index (χ2n) is 7.49. The summed E-state index contributed by atoms with van der Waals surface area (Å²) in [6, 6.07) is 0.440. The second-order valence-corrected chi connectivity index (χ2v) is 7.49. The summed E-state index contributed by atoms with van der Waals surface area (Å²) in [5.41, 5.74) is -0.401. The summed E-state index contributed by atoms with van der Waals surface area (Å²) in [6.07, 6.45) is 4.98. The zero-order valence-electron chi connectivity index (χ0n) is 13.4. The maximum absolute atomic E-state index is 12.0. The number of carbonyl (C=O) groups excluding carboxylic acids is 1. The number of amides is 1. The van der Waals surface area contributed by atoms with Crippen molar-refractivity contribution in [3.05, 3.63) is 0 Å². The summed E-state index contributed by atoms with van der Waals surface area (Å²) < 4.78 is 5.42. The highest BCUT2D eigenvalue weighted by atomic mass is 16.6. The maximum Gasteiger partial charge on any atom is 0.410 e. The van der Waals surface area contributed by atoms with E-state index in [-0.39, 0.29) is 6.09 Å². The summed E-state index contributed by atoms with van der Waals surface area (Å²) in [7, 11) is 0. The number of hydrogen-bond acceptors (Lipinski definition) is 3. The van der Waals surface area contributed by atoms with E-state index in [2.05, 4.69) is 12.2 Å². The molecule has 116 valence electrons. The van der Waals surface area contributed by atoms with E-state index in [1.165, 1.54) is 19.3 Å². The van der Waals surface area contributed by atoms with Gasteiger partial charge in [-0.05, 0) is 52.0 Å². The fourth-order valence-corrected chi connectivity index (χ4v) is 3.26. The van der Waals surface area contributed by atoms with Gasteiger partial charge >= 0.3 is 6.09 Å². The first-order chi connectivity index (χ1) is 9.35. The Morgan fingerprint density at radius 2 is 2.05 bits per heavy atom. The van der Waals surface area contributed by atoms with Crippen LogP contribution in [0.3, 0.4) is 0 Å². The van der Waals surface area contributed by atoms with Crippen molar-refractivity contribution in [1.82, 2.24) is 10.2 Å². The van der Waals surface area contributed by atoms with Gasteiger partial charge in [-0.25, -0.2) is 4.79 Å². The predicted molar refractivity (Wildman–Crippen MR) is 80.7 cm³/mol. The van der Waals surface area contributed by atoms with Gasteiger partial charge in [-0.3, -0.25) is 0 Å². The van der Waals surface area contributed by atoms with Crippen molar-refractivity contribution >= 4 is 6.09 Å². The van der Waals surface area contributed by atoms with Gasteiger partial charge in [-0.1, -0.05) is 19.8 Å². The molecule has 0 aromatic heterocycles. The Morgan fingerprint density at radius 3 is 2.65 bits per heavy atom. The Hall–Kier alpha value is -0.770.